The van der Waals surface area contributed by atoms with E-state index in [0.29, 0.717) is 17.7 Å². The number of amides is 1. The van der Waals surface area contributed by atoms with Crippen molar-refractivity contribution in [3.63, 3.8) is 0 Å². The van der Waals surface area contributed by atoms with E-state index in [-0.39, 0.29) is 5.91 Å². The molecule has 2 heterocycles. The van der Waals surface area contributed by atoms with Gasteiger partial charge in [0.25, 0.3) is 5.91 Å². The lowest BCUT2D eigenvalue weighted by atomic mass is 10.2. The fourth-order valence-corrected chi connectivity index (χ4v) is 3.12. The summed E-state index contributed by atoms with van der Waals surface area (Å²) < 4.78 is 1.85. The van der Waals surface area contributed by atoms with Gasteiger partial charge in [0, 0.05) is 6.20 Å². The Labute approximate surface area is 127 Å². The minimum atomic E-state index is -0.177. The smallest absolute Gasteiger partial charge is 0.276 e. The number of carbonyl (C=O) groups is 1. The molecule has 2 aromatic heterocycles. The van der Waals surface area contributed by atoms with Crippen LogP contribution in [-0.2, 0) is 0 Å². The van der Waals surface area contributed by atoms with Crippen LogP contribution in [0.4, 0.5) is 5.95 Å². The second-order valence-corrected chi connectivity index (χ2v) is 5.66. The number of hydrogen-bond donors (Lipinski definition) is 2. The van der Waals surface area contributed by atoms with Gasteiger partial charge in [-0.3, -0.25) is 14.8 Å². The van der Waals surface area contributed by atoms with Crippen LogP contribution in [0.5, 0.6) is 0 Å². The SMILES string of the molecule is O=C(Nc1nc2ccccc2[nH]1)c1ccnn1C1CCCC1. The van der Waals surface area contributed by atoms with Gasteiger partial charge in [-0.1, -0.05) is 25.0 Å². The van der Waals surface area contributed by atoms with E-state index >= 15 is 0 Å². The molecular formula is C16H17N5O. The molecule has 0 radical (unpaired) electrons. The number of hydrogen-bond acceptors (Lipinski definition) is 3. The van der Waals surface area contributed by atoms with E-state index in [2.05, 4.69) is 20.4 Å². The highest BCUT2D eigenvalue weighted by molar-refractivity contribution is 6.02. The molecule has 6 heteroatoms. The maximum atomic E-state index is 12.5. The minimum absolute atomic E-state index is 0.177. The number of para-hydroxylation sites is 2. The molecule has 1 aliphatic rings. The third kappa shape index (κ3) is 2.26. The van der Waals surface area contributed by atoms with Crippen molar-refractivity contribution in [3.8, 4) is 0 Å². The molecule has 6 nitrogen and oxygen atoms in total. The van der Waals surface area contributed by atoms with Crippen molar-refractivity contribution in [2.45, 2.75) is 31.7 Å². The Morgan fingerprint density at radius 1 is 1.23 bits per heavy atom. The van der Waals surface area contributed by atoms with Gasteiger partial charge in [-0.25, -0.2) is 4.98 Å². The van der Waals surface area contributed by atoms with Gasteiger partial charge in [0.1, 0.15) is 5.69 Å². The Kier molecular flexibility index (Phi) is 3.14. The predicted molar refractivity (Wildman–Crippen MR) is 83.8 cm³/mol. The molecule has 1 aliphatic carbocycles. The molecule has 1 saturated carbocycles. The quantitative estimate of drug-likeness (QED) is 0.779. The highest BCUT2D eigenvalue weighted by atomic mass is 16.2. The van der Waals surface area contributed by atoms with E-state index in [0.717, 1.165) is 23.9 Å². The average Bonchev–Trinajstić information content (AvgIpc) is 3.25. The summed E-state index contributed by atoms with van der Waals surface area (Å²) in [7, 11) is 0. The first-order chi connectivity index (χ1) is 10.8. The van der Waals surface area contributed by atoms with Gasteiger partial charge >= 0.3 is 0 Å². The first kappa shape index (κ1) is 13.1. The number of nitrogens with one attached hydrogen (secondary N) is 2. The van der Waals surface area contributed by atoms with Crippen molar-refractivity contribution in [1.82, 2.24) is 19.7 Å². The number of imidazole rings is 1. The molecule has 1 aromatic carbocycles. The van der Waals surface area contributed by atoms with Crippen molar-refractivity contribution in [1.29, 1.82) is 0 Å². The number of fused-ring (bicyclic) bond motifs is 1. The van der Waals surface area contributed by atoms with Gasteiger partial charge < -0.3 is 4.98 Å². The fourth-order valence-electron chi connectivity index (χ4n) is 3.12. The summed E-state index contributed by atoms with van der Waals surface area (Å²) in [4.78, 5) is 20.0. The monoisotopic (exact) mass is 295 g/mol. The maximum absolute atomic E-state index is 12.5. The van der Waals surface area contributed by atoms with Gasteiger partial charge in [0.05, 0.1) is 17.1 Å². The van der Waals surface area contributed by atoms with Crippen LogP contribution >= 0.6 is 0 Å². The highest BCUT2D eigenvalue weighted by Gasteiger charge is 2.23. The number of carbonyl (C=O) groups excluding carboxylic acids is 1. The van der Waals surface area contributed by atoms with Crippen LogP contribution in [0.2, 0.25) is 0 Å². The zero-order valence-corrected chi connectivity index (χ0v) is 12.1. The molecule has 22 heavy (non-hydrogen) atoms. The van der Waals surface area contributed by atoms with Crippen LogP contribution < -0.4 is 5.32 Å². The van der Waals surface area contributed by atoms with Gasteiger partial charge in [-0.15, -0.1) is 0 Å². The Morgan fingerprint density at radius 2 is 2.05 bits per heavy atom. The number of H-pyrrole nitrogens is 1. The molecule has 112 valence electrons. The standard InChI is InChI=1S/C16H17N5O/c22-15(14-9-10-17-21(14)11-5-1-2-6-11)20-16-18-12-7-3-4-8-13(12)19-16/h3-4,7-11H,1-2,5-6H2,(H2,18,19,20,22). The molecule has 3 aromatic rings. The number of rotatable bonds is 3. The average molecular weight is 295 g/mol. The van der Waals surface area contributed by atoms with Crippen molar-refractivity contribution in [2.75, 3.05) is 5.32 Å². The van der Waals surface area contributed by atoms with Gasteiger partial charge in [-0.2, -0.15) is 5.10 Å². The third-order valence-electron chi connectivity index (χ3n) is 4.19. The molecule has 0 atom stereocenters. The summed E-state index contributed by atoms with van der Waals surface area (Å²) in [6, 6.07) is 9.79. The van der Waals surface area contributed by atoms with Crippen molar-refractivity contribution < 1.29 is 4.79 Å². The van der Waals surface area contributed by atoms with Gasteiger partial charge in [0.2, 0.25) is 5.95 Å². The minimum Gasteiger partial charge on any atom is -0.324 e. The van der Waals surface area contributed by atoms with Crippen LogP contribution in [-0.4, -0.2) is 25.7 Å². The van der Waals surface area contributed by atoms with Crippen LogP contribution in [0.15, 0.2) is 36.5 Å². The number of anilines is 1. The predicted octanol–water partition coefficient (Wildman–Crippen LogP) is 3.13. The number of aromatic nitrogens is 4. The number of benzene rings is 1. The molecule has 1 fully saturated rings. The Hall–Kier alpha value is -2.63. The Morgan fingerprint density at radius 3 is 2.86 bits per heavy atom. The molecule has 0 saturated heterocycles. The molecule has 0 bridgehead atoms. The lowest BCUT2D eigenvalue weighted by Gasteiger charge is -2.13. The van der Waals surface area contributed by atoms with Crippen molar-refractivity contribution >= 4 is 22.9 Å². The second kappa shape index (κ2) is 5.29. The largest absolute Gasteiger partial charge is 0.324 e. The van der Waals surface area contributed by atoms with Crippen LogP contribution in [0.3, 0.4) is 0 Å². The number of aromatic amines is 1. The zero-order valence-electron chi connectivity index (χ0n) is 12.1. The summed E-state index contributed by atoms with van der Waals surface area (Å²) in [6.45, 7) is 0. The lowest BCUT2D eigenvalue weighted by Crippen LogP contribution is -2.20. The van der Waals surface area contributed by atoms with E-state index in [1.54, 1.807) is 12.3 Å². The van der Waals surface area contributed by atoms with E-state index in [1.807, 2.05) is 28.9 Å². The van der Waals surface area contributed by atoms with E-state index in [9.17, 15) is 4.79 Å². The molecule has 0 spiro atoms. The van der Waals surface area contributed by atoms with Crippen LogP contribution in [0.25, 0.3) is 11.0 Å². The fraction of sp³-hybridized carbons (Fsp3) is 0.312. The molecule has 2 N–H and O–H groups in total. The Bertz CT molecular complexity index is 780. The van der Waals surface area contributed by atoms with Crippen molar-refractivity contribution in [3.05, 3.63) is 42.2 Å². The number of nitrogens with zero attached hydrogens (tertiary/aromatic N) is 3. The topological polar surface area (TPSA) is 75.6 Å². The first-order valence-corrected chi connectivity index (χ1v) is 7.61. The normalized spacial score (nSPS) is 15.5. The lowest BCUT2D eigenvalue weighted by molar-refractivity contribution is 0.101. The third-order valence-corrected chi connectivity index (χ3v) is 4.19. The maximum Gasteiger partial charge on any atom is 0.276 e. The molecule has 1 amide bonds. The van der Waals surface area contributed by atoms with E-state index in [4.69, 9.17) is 0 Å². The molecule has 0 aliphatic heterocycles. The van der Waals surface area contributed by atoms with Crippen LogP contribution in [0, 0.1) is 0 Å². The summed E-state index contributed by atoms with van der Waals surface area (Å²) in [5, 5.41) is 7.16. The zero-order chi connectivity index (χ0) is 14.9. The molecule has 4 rings (SSSR count). The Balaban J connectivity index is 1.58. The highest BCUT2D eigenvalue weighted by Crippen LogP contribution is 2.29. The first-order valence-electron chi connectivity index (χ1n) is 7.61. The summed E-state index contributed by atoms with van der Waals surface area (Å²) in [5.74, 6) is 0.286. The molecular weight excluding hydrogens is 278 g/mol. The van der Waals surface area contributed by atoms with Crippen LogP contribution in [0.1, 0.15) is 42.2 Å². The van der Waals surface area contributed by atoms with Crippen molar-refractivity contribution in [2.24, 2.45) is 0 Å². The summed E-state index contributed by atoms with van der Waals surface area (Å²) in [5.41, 5.74) is 2.33. The van der Waals surface area contributed by atoms with Gasteiger partial charge in [0.15, 0.2) is 0 Å². The second-order valence-electron chi connectivity index (χ2n) is 5.66. The van der Waals surface area contributed by atoms with E-state index in [1.165, 1.54) is 12.8 Å². The summed E-state index contributed by atoms with van der Waals surface area (Å²) in [6.07, 6.45) is 6.27. The summed E-state index contributed by atoms with van der Waals surface area (Å²) >= 11 is 0. The van der Waals surface area contributed by atoms with E-state index < -0.39 is 0 Å². The molecule has 0 unspecified atom stereocenters. The van der Waals surface area contributed by atoms with Gasteiger partial charge in [-0.05, 0) is 31.0 Å².